The third-order valence-electron chi connectivity index (χ3n) is 2.57. The molecule has 0 aliphatic carbocycles. The molecule has 1 rings (SSSR count). The quantitative estimate of drug-likeness (QED) is 0.518. The van der Waals surface area contributed by atoms with Crippen LogP contribution in [0, 0.1) is 0 Å². The Morgan fingerprint density at radius 3 is 2.33 bits per heavy atom. The largest absolute Gasteiger partial charge is 0.392 e. The van der Waals surface area contributed by atoms with Crippen molar-refractivity contribution in [1.29, 1.82) is 0 Å². The second-order valence-electron chi connectivity index (χ2n) is 3.84. The molecule has 7 heteroatoms. The van der Waals surface area contributed by atoms with Gasteiger partial charge < -0.3 is 10.4 Å². The Kier molecular flexibility index (Phi) is 4.47. The van der Waals surface area contributed by atoms with Crippen LogP contribution in [0.15, 0.2) is 0 Å². The fraction of sp³-hybridized carbons (Fsp3) is 1.00. The van der Waals surface area contributed by atoms with Gasteiger partial charge in [0, 0.05) is 32.7 Å². The zero-order valence-corrected chi connectivity index (χ0v) is 9.57. The first kappa shape index (κ1) is 12.9. The molecular weight excluding hydrogens is 220 g/mol. The summed E-state index contributed by atoms with van der Waals surface area (Å²) in [6.07, 6.45) is -1.06. The highest BCUT2D eigenvalue weighted by Crippen LogP contribution is 2.08. The van der Waals surface area contributed by atoms with E-state index in [-0.39, 0.29) is 6.54 Å². The summed E-state index contributed by atoms with van der Waals surface area (Å²) in [4.78, 5) is 1.92. The van der Waals surface area contributed by atoms with Gasteiger partial charge >= 0.3 is 0 Å². The van der Waals surface area contributed by atoms with Crippen LogP contribution < -0.4 is 5.32 Å². The number of hydrogen-bond acceptors (Lipinski definition) is 5. The van der Waals surface area contributed by atoms with E-state index in [4.69, 9.17) is 4.55 Å². The Hall–Kier alpha value is -0.210. The van der Waals surface area contributed by atoms with Crippen LogP contribution in [0.3, 0.4) is 0 Å². The van der Waals surface area contributed by atoms with Crippen LogP contribution in [0.4, 0.5) is 0 Å². The molecule has 2 unspecified atom stereocenters. The molecular formula is C8H18N2O4S. The van der Waals surface area contributed by atoms with Gasteiger partial charge in [-0.3, -0.25) is 9.45 Å². The molecule has 1 aliphatic rings. The van der Waals surface area contributed by atoms with E-state index in [0.29, 0.717) is 0 Å². The Balaban J connectivity index is 2.58. The van der Waals surface area contributed by atoms with E-state index >= 15 is 0 Å². The predicted octanol–water partition coefficient (Wildman–Crippen LogP) is -1.47. The van der Waals surface area contributed by atoms with Gasteiger partial charge in [-0.15, -0.1) is 0 Å². The topological polar surface area (TPSA) is 89.9 Å². The van der Waals surface area contributed by atoms with Crippen LogP contribution >= 0.6 is 0 Å². The minimum atomic E-state index is -4.18. The van der Waals surface area contributed by atoms with Crippen molar-refractivity contribution >= 4 is 10.1 Å². The van der Waals surface area contributed by atoms with Crippen LogP contribution in [0.5, 0.6) is 0 Å². The summed E-state index contributed by atoms with van der Waals surface area (Å²) < 4.78 is 30.9. The van der Waals surface area contributed by atoms with E-state index in [1.807, 2.05) is 4.90 Å². The summed E-state index contributed by atoms with van der Waals surface area (Å²) in [7, 11) is -4.18. The molecule has 0 spiro atoms. The summed E-state index contributed by atoms with van der Waals surface area (Å²) in [5.74, 6) is 0. The number of hydrogen-bond donors (Lipinski definition) is 3. The van der Waals surface area contributed by atoms with Crippen molar-refractivity contribution in [2.24, 2.45) is 0 Å². The molecule has 2 atom stereocenters. The van der Waals surface area contributed by atoms with E-state index in [0.717, 1.165) is 26.2 Å². The lowest BCUT2D eigenvalue weighted by Crippen LogP contribution is -2.50. The van der Waals surface area contributed by atoms with Gasteiger partial charge in [-0.2, -0.15) is 8.42 Å². The van der Waals surface area contributed by atoms with E-state index in [2.05, 4.69) is 5.32 Å². The van der Waals surface area contributed by atoms with Crippen LogP contribution in [0.25, 0.3) is 0 Å². The van der Waals surface area contributed by atoms with Gasteiger partial charge in [0.25, 0.3) is 10.1 Å². The first-order chi connectivity index (χ1) is 6.91. The molecule has 1 saturated heterocycles. The number of nitrogens with one attached hydrogen (secondary N) is 1. The lowest BCUT2D eigenvalue weighted by molar-refractivity contribution is 0.149. The lowest BCUT2D eigenvalue weighted by Gasteiger charge is -2.30. The van der Waals surface area contributed by atoms with Crippen molar-refractivity contribution in [1.82, 2.24) is 10.2 Å². The minimum Gasteiger partial charge on any atom is -0.392 e. The summed E-state index contributed by atoms with van der Waals surface area (Å²) in [6.45, 7) is 4.63. The van der Waals surface area contributed by atoms with Crippen molar-refractivity contribution in [3.8, 4) is 0 Å². The highest BCUT2D eigenvalue weighted by atomic mass is 32.2. The lowest BCUT2D eigenvalue weighted by atomic mass is 10.2. The van der Waals surface area contributed by atoms with Gasteiger partial charge in [0.05, 0.1) is 6.10 Å². The predicted molar refractivity (Wildman–Crippen MR) is 56.3 cm³/mol. The zero-order valence-electron chi connectivity index (χ0n) is 8.76. The molecule has 0 radical (unpaired) electrons. The Morgan fingerprint density at radius 2 is 1.93 bits per heavy atom. The third kappa shape index (κ3) is 4.04. The molecule has 0 aromatic heterocycles. The summed E-state index contributed by atoms with van der Waals surface area (Å²) >= 11 is 0. The summed E-state index contributed by atoms with van der Waals surface area (Å²) in [5, 5.41) is 11.3. The van der Waals surface area contributed by atoms with Gasteiger partial charge in [-0.05, 0) is 6.92 Å². The fourth-order valence-electron chi connectivity index (χ4n) is 1.64. The Morgan fingerprint density at radius 1 is 1.40 bits per heavy atom. The molecule has 3 N–H and O–H groups in total. The molecule has 6 nitrogen and oxygen atoms in total. The van der Waals surface area contributed by atoms with E-state index in [1.165, 1.54) is 6.92 Å². The standard InChI is InChI=1S/C8H18N2O4S/c1-7(11)8(15(12,13)14)6-10-4-2-9-3-5-10/h7-9,11H,2-6H2,1H3,(H,12,13,14). The molecule has 0 aromatic carbocycles. The summed E-state index contributed by atoms with van der Waals surface area (Å²) in [6, 6.07) is 0. The van der Waals surface area contributed by atoms with E-state index in [9.17, 15) is 13.5 Å². The number of nitrogens with zero attached hydrogens (tertiary/aromatic N) is 1. The second-order valence-corrected chi connectivity index (χ2v) is 5.48. The maximum absolute atomic E-state index is 11.0. The van der Waals surface area contributed by atoms with Crippen LogP contribution in [-0.2, 0) is 10.1 Å². The number of aliphatic hydroxyl groups excluding tert-OH is 1. The normalized spacial score (nSPS) is 23.7. The van der Waals surface area contributed by atoms with Gasteiger partial charge in [0.2, 0.25) is 0 Å². The molecule has 0 bridgehead atoms. The van der Waals surface area contributed by atoms with Crippen molar-refractivity contribution < 1.29 is 18.1 Å². The van der Waals surface area contributed by atoms with Crippen LogP contribution in [0.2, 0.25) is 0 Å². The van der Waals surface area contributed by atoms with Gasteiger partial charge in [0.1, 0.15) is 5.25 Å². The maximum Gasteiger partial charge on any atom is 0.271 e. The highest BCUT2D eigenvalue weighted by molar-refractivity contribution is 7.86. The first-order valence-corrected chi connectivity index (χ1v) is 6.49. The molecule has 0 amide bonds. The molecule has 0 saturated carbocycles. The Labute approximate surface area is 90.0 Å². The van der Waals surface area contributed by atoms with Crippen molar-refractivity contribution in [3.63, 3.8) is 0 Å². The van der Waals surface area contributed by atoms with E-state index in [1.54, 1.807) is 0 Å². The van der Waals surface area contributed by atoms with Crippen molar-refractivity contribution in [2.45, 2.75) is 18.3 Å². The van der Waals surface area contributed by atoms with Gasteiger partial charge in [0.15, 0.2) is 0 Å². The molecule has 0 aromatic rings. The van der Waals surface area contributed by atoms with Gasteiger partial charge in [-0.25, -0.2) is 0 Å². The molecule has 1 aliphatic heterocycles. The Bertz CT molecular complexity index is 285. The molecule has 1 fully saturated rings. The van der Waals surface area contributed by atoms with Crippen LogP contribution in [-0.4, -0.2) is 67.1 Å². The van der Waals surface area contributed by atoms with Crippen molar-refractivity contribution in [3.05, 3.63) is 0 Å². The SMILES string of the molecule is CC(O)C(CN1CCNCC1)S(=O)(=O)O. The van der Waals surface area contributed by atoms with E-state index < -0.39 is 21.5 Å². The average Bonchev–Trinajstić information content (AvgIpc) is 2.13. The maximum atomic E-state index is 11.0. The van der Waals surface area contributed by atoms with Crippen LogP contribution in [0.1, 0.15) is 6.92 Å². The van der Waals surface area contributed by atoms with Gasteiger partial charge in [-0.1, -0.05) is 0 Å². The number of aliphatic hydroxyl groups is 1. The second kappa shape index (κ2) is 5.22. The molecule has 15 heavy (non-hydrogen) atoms. The minimum absolute atomic E-state index is 0.179. The van der Waals surface area contributed by atoms with Crippen molar-refractivity contribution in [2.75, 3.05) is 32.7 Å². The number of piperazine rings is 1. The first-order valence-electron chi connectivity index (χ1n) is 4.98. The highest BCUT2D eigenvalue weighted by Gasteiger charge is 2.30. The fourth-order valence-corrected chi connectivity index (χ4v) is 2.54. The zero-order chi connectivity index (χ0) is 11.5. The molecule has 90 valence electrons. The molecule has 1 heterocycles. The summed E-state index contributed by atoms with van der Waals surface area (Å²) in [5.41, 5.74) is 0. The smallest absolute Gasteiger partial charge is 0.271 e. The average molecular weight is 238 g/mol. The monoisotopic (exact) mass is 238 g/mol. The third-order valence-corrected chi connectivity index (χ3v) is 3.88. The number of rotatable bonds is 4.